The van der Waals surface area contributed by atoms with Gasteiger partial charge in [-0.15, -0.1) is 0 Å². The van der Waals surface area contributed by atoms with Gasteiger partial charge in [-0.2, -0.15) is 0 Å². The van der Waals surface area contributed by atoms with Crippen LogP contribution in [0.2, 0.25) is 0 Å². The summed E-state index contributed by atoms with van der Waals surface area (Å²) in [6.45, 7) is 8.52. The first-order chi connectivity index (χ1) is 14.7. The van der Waals surface area contributed by atoms with Gasteiger partial charge in [0.25, 0.3) is 0 Å². The second kappa shape index (κ2) is 11.2. The largest absolute Gasteiger partial charge is 0.494 e. The van der Waals surface area contributed by atoms with E-state index in [0.717, 1.165) is 12.8 Å². The number of unbranched alkanes of at least 4 members (excludes halogenated alkanes) is 1. The van der Waals surface area contributed by atoms with E-state index in [1.807, 2.05) is 0 Å². The Balaban J connectivity index is 2.07. The first-order valence-corrected chi connectivity index (χ1v) is 11.4. The lowest BCUT2D eigenvalue weighted by Gasteiger charge is -2.19. The number of ether oxygens (including phenoxy) is 4. The first-order valence-electron chi connectivity index (χ1n) is 10.3. The zero-order chi connectivity index (χ0) is 23.0. The monoisotopic (exact) mass is 453 g/mol. The first kappa shape index (κ1) is 24.7. The predicted octanol–water partition coefficient (Wildman–Crippen LogP) is 3.76. The van der Waals surface area contributed by atoms with E-state index in [4.69, 9.17) is 18.9 Å². The van der Waals surface area contributed by atoms with E-state index in [2.05, 4.69) is 12.2 Å². The third kappa shape index (κ3) is 6.99. The molecule has 0 saturated heterocycles. The number of hydrogen-bond acceptors (Lipinski definition) is 7. The summed E-state index contributed by atoms with van der Waals surface area (Å²) >= 11 is 0. The molecule has 1 aromatic carbocycles. The van der Waals surface area contributed by atoms with Crippen LogP contribution in [0, 0.1) is 0 Å². The van der Waals surface area contributed by atoms with Crippen molar-refractivity contribution in [2.45, 2.75) is 57.5 Å². The van der Waals surface area contributed by atoms with Crippen molar-refractivity contribution in [3.8, 4) is 5.75 Å². The number of nitrogens with one attached hydrogen (secondary N) is 1. The number of esters is 1. The normalized spacial score (nSPS) is 15.3. The number of benzene rings is 1. The molecule has 1 N–H and O–H groups in total. The van der Waals surface area contributed by atoms with Crippen molar-refractivity contribution in [2.24, 2.45) is 0 Å². The lowest BCUT2D eigenvalue weighted by atomic mass is 10.1. The number of carbonyl (C=O) groups is 2. The van der Waals surface area contributed by atoms with Crippen molar-refractivity contribution in [3.63, 3.8) is 0 Å². The molecule has 0 spiro atoms. The van der Waals surface area contributed by atoms with Crippen LogP contribution in [0.5, 0.6) is 5.75 Å². The van der Waals surface area contributed by atoms with Gasteiger partial charge in [-0.3, -0.25) is 0 Å². The SMILES string of the molecule is CCCCOc1ccc2c(c1)C(OCCCNC(=O)OC(C)(C)C)=C(C(=O)OC)S2=O. The van der Waals surface area contributed by atoms with Crippen LogP contribution in [-0.4, -0.2) is 48.7 Å². The highest BCUT2D eigenvalue weighted by Gasteiger charge is 2.36. The van der Waals surface area contributed by atoms with Gasteiger partial charge in [0, 0.05) is 12.1 Å². The van der Waals surface area contributed by atoms with Gasteiger partial charge in [-0.05, 0) is 51.8 Å². The number of hydrogen-bond donors (Lipinski definition) is 1. The van der Waals surface area contributed by atoms with Gasteiger partial charge in [0.2, 0.25) is 0 Å². The molecule has 8 nitrogen and oxygen atoms in total. The summed E-state index contributed by atoms with van der Waals surface area (Å²) < 4.78 is 34.4. The van der Waals surface area contributed by atoms with E-state index in [1.165, 1.54) is 7.11 Å². The second-order valence-electron chi connectivity index (χ2n) is 7.91. The summed E-state index contributed by atoms with van der Waals surface area (Å²) in [6, 6.07) is 5.14. The van der Waals surface area contributed by atoms with Crippen molar-refractivity contribution in [1.82, 2.24) is 5.32 Å². The molecule has 1 aliphatic rings. The van der Waals surface area contributed by atoms with Gasteiger partial charge < -0.3 is 24.3 Å². The van der Waals surface area contributed by atoms with Gasteiger partial charge in [0.15, 0.2) is 10.7 Å². The number of amides is 1. The van der Waals surface area contributed by atoms with E-state index >= 15 is 0 Å². The van der Waals surface area contributed by atoms with Gasteiger partial charge in [0.1, 0.15) is 11.4 Å². The van der Waals surface area contributed by atoms with Gasteiger partial charge >= 0.3 is 12.1 Å². The molecule has 172 valence electrons. The predicted molar refractivity (Wildman–Crippen MR) is 117 cm³/mol. The van der Waals surface area contributed by atoms with Crippen molar-refractivity contribution in [2.75, 3.05) is 26.9 Å². The molecule has 0 fully saturated rings. The maximum absolute atomic E-state index is 12.8. The third-order valence-corrected chi connectivity index (χ3v) is 5.64. The molecule has 9 heteroatoms. The number of carbonyl (C=O) groups excluding carboxylic acids is 2. The lowest BCUT2D eigenvalue weighted by molar-refractivity contribution is -0.135. The molecule has 2 rings (SSSR count). The fraction of sp³-hybridized carbons (Fsp3) is 0.545. The van der Waals surface area contributed by atoms with Gasteiger partial charge in [-0.1, -0.05) is 13.3 Å². The molecule has 1 atom stereocenters. The number of alkyl carbamates (subject to hydrolysis) is 1. The molecule has 1 amide bonds. The molecule has 1 heterocycles. The summed E-state index contributed by atoms with van der Waals surface area (Å²) in [5, 5.41) is 2.65. The quantitative estimate of drug-likeness (QED) is 0.425. The van der Waals surface area contributed by atoms with E-state index in [1.54, 1.807) is 39.0 Å². The zero-order valence-electron chi connectivity index (χ0n) is 18.7. The minimum absolute atomic E-state index is 0.0247. The van der Waals surface area contributed by atoms with E-state index in [0.29, 0.717) is 35.8 Å². The Bertz CT molecular complexity index is 858. The van der Waals surface area contributed by atoms with E-state index < -0.39 is 28.5 Å². The highest BCUT2D eigenvalue weighted by Crippen LogP contribution is 2.39. The summed E-state index contributed by atoms with van der Waals surface area (Å²) in [6.07, 6.45) is 1.88. The Morgan fingerprint density at radius 1 is 1.10 bits per heavy atom. The van der Waals surface area contributed by atoms with Gasteiger partial charge in [-0.25, -0.2) is 13.8 Å². The molecule has 31 heavy (non-hydrogen) atoms. The molecule has 0 aliphatic carbocycles. The highest BCUT2D eigenvalue weighted by molar-refractivity contribution is 7.90. The molecule has 1 unspecified atom stereocenters. The molecule has 0 aromatic heterocycles. The summed E-state index contributed by atoms with van der Waals surface area (Å²) in [5.74, 6) is 0.131. The van der Waals surface area contributed by atoms with Crippen LogP contribution in [0.1, 0.15) is 52.5 Å². The molecule has 0 bridgehead atoms. The fourth-order valence-corrected chi connectivity index (χ4v) is 4.08. The second-order valence-corrected chi connectivity index (χ2v) is 9.29. The molecular weight excluding hydrogens is 422 g/mol. The van der Waals surface area contributed by atoms with Crippen molar-refractivity contribution < 1.29 is 32.7 Å². The fourth-order valence-electron chi connectivity index (χ4n) is 2.74. The Kier molecular flexibility index (Phi) is 8.91. The maximum atomic E-state index is 12.8. The van der Waals surface area contributed by atoms with Gasteiger partial charge in [0.05, 0.1) is 36.0 Å². The highest BCUT2D eigenvalue weighted by atomic mass is 32.2. The summed E-state index contributed by atoms with van der Waals surface area (Å²) in [5.41, 5.74) is -0.0251. The average Bonchev–Trinajstić information content (AvgIpc) is 2.97. The van der Waals surface area contributed by atoms with Crippen molar-refractivity contribution >= 4 is 28.6 Å². The topological polar surface area (TPSA) is 100 Å². The third-order valence-electron chi connectivity index (χ3n) is 4.16. The standard InChI is InChI=1S/C22H31NO7S/c1-6-7-12-28-15-9-10-17-16(14-15)18(19(31(17)26)20(24)27-5)29-13-8-11-23-21(25)30-22(2,3)4/h9-10,14H,6-8,11-13H2,1-5H3,(H,23,25). The van der Waals surface area contributed by atoms with Crippen LogP contribution in [0.3, 0.4) is 0 Å². The summed E-state index contributed by atoms with van der Waals surface area (Å²) in [7, 11) is -0.469. The van der Waals surface area contributed by atoms with Crippen LogP contribution >= 0.6 is 0 Å². The molecule has 0 saturated carbocycles. The number of fused-ring (bicyclic) bond motifs is 1. The van der Waals surface area contributed by atoms with Crippen LogP contribution in [0.25, 0.3) is 5.76 Å². The summed E-state index contributed by atoms with van der Waals surface area (Å²) in [4.78, 5) is 24.4. The zero-order valence-corrected chi connectivity index (χ0v) is 19.6. The van der Waals surface area contributed by atoms with Crippen LogP contribution < -0.4 is 10.1 Å². The Hall–Kier alpha value is -2.55. The van der Waals surface area contributed by atoms with Crippen LogP contribution in [0.4, 0.5) is 4.79 Å². The minimum atomic E-state index is -1.70. The molecular formula is C22H31NO7S. The maximum Gasteiger partial charge on any atom is 0.407 e. The Morgan fingerprint density at radius 3 is 2.45 bits per heavy atom. The minimum Gasteiger partial charge on any atom is -0.494 e. The molecule has 1 aliphatic heterocycles. The number of rotatable bonds is 10. The van der Waals surface area contributed by atoms with Crippen LogP contribution in [-0.2, 0) is 29.8 Å². The Morgan fingerprint density at radius 2 is 1.81 bits per heavy atom. The average molecular weight is 454 g/mol. The van der Waals surface area contributed by atoms with Crippen molar-refractivity contribution in [1.29, 1.82) is 0 Å². The lowest BCUT2D eigenvalue weighted by Crippen LogP contribution is -2.33. The number of methoxy groups -OCH3 is 1. The van der Waals surface area contributed by atoms with Crippen molar-refractivity contribution in [3.05, 3.63) is 28.7 Å². The molecule has 1 aromatic rings. The van der Waals surface area contributed by atoms with E-state index in [-0.39, 0.29) is 17.3 Å². The Labute approximate surface area is 185 Å². The van der Waals surface area contributed by atoms with E-state index in [9.17, 15) is 13.8 Å². The molecule has 0 radical (unpaired) electrons. The smallest absolute Gasteiger partial charge is 0.407 e. The van der Waals surface area contributed by atoms with Crippen LogP contribution in [0.15, 0.2) is 28.0 Å².